The first-order chi connectivity index (χ1) is 14.0. The van der Waals surface area contributed by atoms with Gasteiger partial charge in [0.1, 0.15) is 0 Å². The molecule has 4 rings (SSSR count). The zero-order chi connectivity index (χ0) is 20.3. The summed E-state index contributed by atoms with van der Waals surface area (Å²) in [6, 6.07) is 6.36. The fourth-order valence-electron chi connectivity index (χ4n) is 4.80. The summed E-state index contributed by atoms with van der Waals surface area (Å²) in [7, 11) is -3.48. The largest absolute Gasteiger partial charge is 0.350 e. The molecule has 1 saturated heterocycles. The normalized spacial score (nSPS) is 22.9. The van der Waals surface area contributed by atoms with Crippen LogP contribution >= 0.6 is 0 Å². The average molecular weight is 420 g/mol. The van der Waals surface area contributed by atoms with Gasteiger partial charge >= 0.3 is 0 Å². The highest BCUT2D eigenvalue weighted by Crippen LogP contribution is 2.35. The van der Waals surface area contributed by atoms with Gasteiger partial charge in [-0.3, -0.25) is 9.69 Å². The molecule has 2 aliphatic carbocycles. The average Bonchev–Trinajstić information content (AvgIpc) is 3.57. The van der Waals surface area contributed by atoms with Crippen molar-refractivity contribution in [2.24, 2.45) is 0 Å². The number of likely N-dealkylation sites (tertiary alicyclic amines) is 1. The quantitative estimate of drug-likeness (QED) is 0.712. The summed E-state index contributed by atoms with van der Waals surface area (Å²) in [4.78, 5) is 15.6. The third kappa shape index (κ3) is 5.01. The number of hydrogen-bond donors (Lipinski definition) is 2. The molecule has 7 heteroatoms. The Morgan fingerprint density at radius 1 is 0.966 bits per heavy atom. The number of nitrogens with zero attached hydrogens (tertiary/aromatic N) is 1. The molecule has 0 aromatic heterocycles. The van der Waals surface area contributed by atoms with E-state index in [1.54, 1.807) is 12.1 Å². The highest BCUT2D eigenvalue weighted by atomic mass is 32.2. The Hall–Kier alpha value is -1.44. The second-order valence-electron chi connectivity index (χ2n) is 8.94. The van der Waals surface area contributed by atoms with E-state index in [9.17, 15) is 13.2 Å². The summed E-state index contributed by atoms with van der Waals surface area (Å²) in [6.07, 6.45) is 11.7. The van der Waals surface area contributed by atoms with Crippen molar-refractivity contribution in [3.63, 3.8) is 0 Å². The first-order valence-electron chi connectivity index (χ1n) is 11.1. The lowest BCUT2D eigenvalue weighted by molar-refractivity contribution is 0.0326. The first-order valence-corrected chi connectivity index (χ1v) is 12.6. The van der Waals surface area contributed by atoms with Crippen LogP contribution in [0.15, 0.2) is 29.2 Å². The van der Waals surface area contributed by atoms with Gasteiger partial charge in [0.2, 0.25) is 10.0 Å². The van der Waals surface area contributed by atoms with Gasteiger partial charge in [-0.15, -0.1) is 0 Å². The van der Waals surface area contributed by atoms with Crippen LogP contribution in [0.5, 0.6) is 0 Å². The van der Waals surface area contributed by atoms with E-state index < -0.39 is 10.0 Å². The molecule has 1 aliphatic heterocycles. The fourth-order valence-corrected chi connectivity index (χ4v) is 6.11. The second kappa shape index (κ2) is 8.74. The van der Waals surface area contributed by atoms with Crippen molar-refractivity contribution < 1.29 is 13.2 Å². The fraction of sp³-hybridized carbons (Fsp3) is 0.682. The van der Waals surface area contributed by atoms with Crippen molar-refractivity contribution in [1.29, 1.82) is 0 Å². The zero-order valence-corrected chi connectivity index (χ0v) is 18.0. The zero-order valence-electron chi connectivity index (χ0n) is 17.2. The molecule has 2 saturated carbocycles. The minimum absolute atomic E-state index is 0.0736. The monoisotopic (exact) mass is 419 g/mol. The highest BCUT2D eigenvalue weighted by Gasteiger charge is 2.38. The van der Waals surface area contributed by atoms with Crippen molar-refractivity contribution in [1.82, 2.24) is 14.9 Å². The van der Waals surface area contributed by atoms with Gasteiger partial charge in [0.15, 0.2) is 0 Å². The van der Waals surface area contributed by atoms with Crippen molar-refractivity contribution in [3.05, 3.63) is 29.8 Å². The smallest absolute Gasteiger partial charge is 0.251 e. The molecule has 1 amide bonds. The van der Waals surface area contributed by atoms with Crippen LogP contribution in [0.2, 0.25) is 0 Å². The molecule has 3 fully saturated rings. The molecular formula is C22H33N3O3S. The van der Waals surface area contributed by atoms with Crippen LogP contribution in [0.25, 0.3) is 0 Å². The predicted octanol–water partition coefficient (Wildman–Crippen LogP) is 3.05. The van der Waals surface area contributed by atoms with E-state index in [2.05, 4.69) is 14.9 Å². The van der Waals surface area contributed by atoms with E-state index in [0.29, 0.717) is 12.1 Å². The van der Waals surface area contributed by atoms with Crippen molar-refractivity contribution in [2.45, 2.75) is 80.7 Å². The Bertz CT molecular complexity index is 806. The van der Waals surface area contributed by atoms with Crippen LogP contribution in [0, 0.1) is 0 Å². The molecule has 160 valence electrons. The van der Waals surface area contributed by atoms with Crippen LogP contribution in [-0.4, -0.2) is 50.4 Å². The molecule has 1 aromatic carbocycles. The van der Waals surface area contributed by atoms with Gasteiger partial charge in [-0.05, 0) is 75.9 Å². The molecule has 6 nitrogen and oxygen atoms in total. The number of hydrogen-bond acceptors (Lipinski definition) is 4. The Labute approximate surface area is 174 Å². The topological polar surface area (TPSA) is 78.5 Å². The minimum atomic E-state index is -3.48. The maximum atomic E-state index is 12.8. The molecule has 1 heterocycles. The number of nitrogens with one attached hydrogen (secondary N) is 2. The first kappa shape index (κ1) is 20.8. The molecule has 0 unspecified atom stereocenters. The number of rotatable bonds is 7. The van der Waals surface area contributed by atoms with Gasteiger partial charge in [0, 0.05) is 23.7 Å². The van der Waals surface area contributed by atoms with Crippen LogP contribution in [0.1, 0.15) is 74.6 Å². The van der Waals surface area contributed by atoms with Crippen molar-refractivity contribution >= 4 is 15.9 Å². The summed E-state index contributed by atoms with van der Waals surface area (Å²) in [5.41, 5.74) is 0.603. The van der Waals surface area contributed by atoms with Crippen LogP contribution in [-0.2, 0) is 10.0 Å². The standard InChI is InChI=1S/C22H33N3O3S/c26-21(18-7-11-20(12-8-18)29(27,28)24-19-9-10-19)23-17-22(13-3-1-4-14-22)25-15-5-2-6-16-25/h7-8,11-12,19,24H,1-6,9-10,13-17H2,(H,23,26). The minimum Gasteiger partial charge on any atom is -0.350 e. The molecule has 0 bridgehead atoms. The summed E-state index contributed by atoms with van der Waals surface area (Å²) < 4.78 is 27.3. The molecule has 3 aliphatic rings. The van der Waals surface area contributed by atoms with Crippen LogP contribution in [0.3, 0.4) is 0 Å². The van der Waals surface area contributed by atoms with E-state index >= 15 is 0 Å². The van der Waals surface area contributed by atoms with E-state index in [-0.39, 0.29) is 22.4 Å². The Morgan fingerprint density at radius 3 is 2.21 bits per heavy atom. The second-order valence-corrected chi connectivity index (χ2v) is 10.6. The van der Waals surface area contributed by atoms with Gasteiger partial charge in [0.25, 0.3) is 5.91 Å². The Balaban J connectivity index is 1.40. The third-order valence-electron chi connectivity index (χ3n) is 6.72. The third-order valence-corrected chi connectivity index (χ3v) is 8.25. The maximum absolute atomic E-state index is 12.8. The van der Waals surface area contributed by atoms with Crippen LogP contribution in [0.4, 0.5) is 0 Å². The summed E-state index contributed by atoms with van der Waals surface area (Å²) in [5.74, 6) is -0.119. The Kier molecular flexibility index (Phi) is 6.27. The molecule has 1 aromatic rings. The number of benzene rings is 1. The SMILES string of the molecule is O=C(NCC1(N2CCCCC2)CCCCC1)c1ccc(S(=O)(=O)NC2CC2)cc1. The molecule has 0 atom stereocenters. The molecular weight excluding hydrogens is 386 g/mol. The number of carbonyl (C=O) groups is 1. The Morgan fingerprint density at radius 2 is 1.59 bits per heavy atom. The van der Waals surface area contributed by atoms with E-state index in [4.69, 9.17) is 0 Å². The van der Waals surface area contributed by atoms with Gasteiger partial charge in [0.05, 0.1) is 4.90 Å². The maximum Gasteiger partial charge on any atom is 0.251 e. The number of piperidine rings is 1. The van der Waals surface area contributed by atoms with Crippen molar-refractivity contribution in [2.75, 3.05) is 19.6 Å². The summed E-state index contributed by atoms with van der Waals surface area (Å²) in [6.45, 7) is 2.95. The van der Waals surface area contributed by atoms with Crippen molar-refractivity contribution in [3.8, 4) is 0 Å². The summed E-state index contributed by atoms with van der Waals surface area (Å²) in [5, 5.41) is 3.16. The number of amides is 1. The lowest BCUT2D eigenvalue weighted by atomic mass is 9.79. The predicted molar refractivity (Wildman–Crippen MR) is 113 cm³/mol. The molecule has 29 heavy (non-hydrogen) atoms. The lowest BCUT2D eigenvalue weighted by Crippen LogP contribution is -2.58. The van der Waals surface area contributed by atoms with Crippen LogP contribution < -0.4 is 10.0 Å². The van der Waals surface area contributed by atoms with Gasteiger partial charge in [-0.25, -0.2) is 13.1 Å². The summed E-state index contributed by atoms with van der Waals surface area (Å²) >= 11 is 0. The van der Waals surface area contributed by atoms with E-state index in [0.717, 1.165) is 38.8 Å². The lowest BCUT2D eigenvalue weighted by Gasteiger charge is -2.48. The molecule has 0 radical (unpaired) electrons. The van der Waals surface area contributed by atoms with Gasteiger partial charge < -0.3 is 5.32 Å². The molecule has 2 N–H and O–H groups in total. The van der Waals surface area contributed by atoms with E-state index in [1.807, 2.05) is 0 Å². The molecule has 0 spiro atoms. The number of carbonyl (C=O) groups excluding carboxylic acids is 1. The van der Waals surface area contributed by atoms with Gasteiger partial charge in [-0.2, -0.15) is 0 Å². The van der Waals surface area contributed by atoms with Gasteiger partial charge in [-0.1, -0.05) is 25.7 Å². The number of sulfonamides is 1. The highest BCUT2D eigenvalue weighted by molar-refractivity contribution is 7.89. The van der Waals surface area contributed by atoms with E-state index in [1.165, 1.54) is 50.7 Å².